The summed E-state index contributed by atoms with van der Waals surface area (Å²) in [5, 5.41) is 14.6. The summed E-state index contributed by atoms with van der Waals surface area (Å²) >= 11 is 0. The Hall–Kier alpha value is -4.55. The molecule has 1 fully saturated rings. The number of dihydropyridines is 1. The molecule has 1 saturated heterocycles. The van der Waals surface area contributed by atoms with Gasteiger partial charge in [0.15, 0.2) is 0 Å². The summed E-state index contributed by atoms with van der Waals surface area (Å²) in [5.74, 6) is -2.10. The topological polar surface area (TPSA) is 146 Å². The number of rotatable bonds is 10. The molecular formula is C35H41ClN4O7. The van der Waals surface area contributed by atoms with Crippen LogP contribution in [0, 0.1) is 10.1 Å². The average Bonchev–Trinajstić information content (AvgIpc) is 3.06. The molecule has 0 spiro atoms. The van der Waals surface area contributed by atoms with Crippen LogP contribution in [0.15, 0.2) is 107 Å². The van der Waals surface area contributed by atoms with Crippen molar-refractivity contribution in [2.45, 2.75) is 25.8 Å². The van der Waals surface area contributed by atoms with Gasteiger partial charge in [0.1, 0.15) is 6.61 Å². The lowest BCUT2D eigenvalue weighted by atomic mass is 9.80. The van der Waals surface area contributed by atoms with Gasteiger partial charge in [0.05, 0.1) is 35.1 Å². The van der Waals surface area contributed by atoms with Gasteiger partial charge in [-0.1, -0.05) is 72.8 Å². The van der Waals surface area contributed by atoms with E-state index < -0.39 is 22.8 Å². The number of nitrogens with one attached hydrogen (secondary N) is 1. The van der Waals surface area contributed by atoms with Gasteiger partial charge in [-0.15, -0.1) is 12.4 Å². The summed E-state index contributed by atoms with van der Waals surface area (Å²) in [6, 6.07) is 27.2. The summed E-state index contributed by atoms with van der Waals surface area (Å²) in [6.07, 6.45) is 0. The van der Waals surface area contributed by atoms with Gasteiger partial charge in [0.25, 0.3) is 5.69 Å². The van der Waals surface area contributed by atoms with Crippen LogP contribution in [0.3, 0.4) is 0 Å². The number of carbonyl (C=O) groups excluding carboxylic acids is 2. The molecule has 1 atom stereocenters. The second kappa shape index (κ2) is 16.8. The van der Waals surface area contributed by atoms with Crippen molar-refractivity contribution in [2.24, 2.45) is 0 Å². The van der Waals surface area contributed by atoms with E-state index in [-0.39, 0.29) is 47.4 Å². The predicted molar refractivity (Wildman–Crippen MR) is 181 cm³/mol. The third-order valence-electron chi connectivity index (χ3n) is 8.44. The van der Waals surface area contributed by atoms with Crippen molar-refractivity contribution in [3.8, 4) is 0 Å². The van der Waals surface area contributed by atoms with Gasteiger partial charge in [0, 0.05) is 56.3 Å². The Morgan fingerprint density at radius 2 is 1.43 bits per heavy atom. The second-order valence-corrected chi connectivity index (χ2v) is 11.2. The first-order chi connectivity index (χ1) is 21.8. The highest BCUT2D eigenvalue weighted by atomic mass is 35.5. The van der Waals surface area contributed by atoms with Gasteiger partial charge in [-0.05, 0) is 30.5 Å². The number of carbonyl (C=O) groups is 2. The van der Waals surface area contributed by atoms with E-state index in [2.05, 4.69) is 63.6 Å². The van der Waals surface area contributed by atoms with Crippen molar-refractivity contribution >= 4 is 30.0 Å². The molecule has 3 aromatic rings. The quantitative estimate of drug-likeness (QED) is 0.187. The Labute approximate surface area is 280 Å². The molecule has 0 unspecified atom stereocenters. The normalized spacial score (nSPS) is 16.9. The second-order valence-electron chi connectivity index (χ2n) is 11.2. The highest BCUT2D eigenvalue weighted by Crippen LogP contribution is 2.40. The molecule has 3 aromatic carbocycles. The van der Waals surface area contributed by atoms with Crippen molar-refractivity contribution in [1.29, 1.82) is 0 Å². The lowest BCUT2D eigenvalue weighted by molar-refractivity contribution is -0.384. The number of hydrogen-bond donors (Lipinski definition) is 1. The summed E-state index contributed by atoms with van der Waals surface area (Å²) in [7, 11) is 1.26. The maximum atomic E-state index is 13.6. The van der Waals surface area contributed by atoms with Crippen LogP contribution in [0.4, 0.5) is 5.69 Å². The molecule has 250 valence electrons. The van der Waals surface area contributed by atoms with E-state index in [0.717, 1.165) is 26.2 Å². The molecule has 2 aliphatic heterocycles. The van der Waals surface area contributed by atoms with E-state index in [1.807, 2.05) is 12.1 Å². The van der Waals surface area contributed by atoms with Crippen molar-refractivity contribution in [1.82, 2.24) is 15.1 Å². The largest absolute Gasteiger partial charge is 0.466 e. The minimum atomic E-state index is -0.887. The van der Waals surface area contributed by atoms with Gasteiger partial charge >= 0.3 is 11.9 Å². The molecule has 0 aliphatic carbocycles. The Bertz CT molecular complexity index is 1570. The monoisotopic (exact) mass is 664 g/mol. The van der Waals surface area contributed by atoms with Gasteiger partial charge < -0.3 is 20.3 Å². The Morgan fingerprint density at radius 1 is 0.872 bits per heavy atom. The Morgan fingerprint density at radius 3 is 1.96 bits per heavy atom. The summed E-state index contributed by atoms with van der Waals surface area (Å²) in [5.41, 5.74) is 4.25. The minimum Gasteiger partial charge on any atom is -0.466 e. The first-order valence-corrected chi connectivity index (χ1v) is 15.0. The molecule has 0 amide bonds. The third kappa shape index (κ3) is 8.44. The molecule has 0 bridgehead atoms. The van der Waals surface area contributed by atoms with E-state index in [0.29, 0.717) is 23.5 Å². The van der Waals surface area contributed by atoms with Crippen LogP contribution in [-0.2, 0) is 19.1 Å². The molecular weight excluding hydrogens is 624 g/mol. The van der Waals surface area contributed by atoms with Crippen molar-refractivity contribution in [3.63, 3.8) is 0 Å². The maximum absolute atomic E-state index is 13.6. The van der Waals surface area contributed by atoms with Crippen LogP contribution in [-0.4, -0.2) is 78.6 Å². The average molecular weight is 665 g/mol. The van der Waals surface area contributed by atoms with Crippen LogP contribution in [0.5, 0.6) is 0 Å². The van der Waals surface area contributed by atoms with E-state index in [1.54, 1.807) is 19.9 Å². The zero-order valence-corrected chi connectivity index (χ0v) is 27.5. The molecule has 12 heteroatoms. The van der Waals surface area contributed by atoms with Crippen LogP contribution in [0.25, 0.3) is 0 Å². The lowest BCUT2D eigenvalue weighted by Gasteiger charge is -2.39. The third-order valence-corrected chi connectivity index (χ3v) is 8.44. The smallest absolute Gasteiger partial charge is 0.336 e. The summed E-state index contributed by atoms with van der Waals surface area (Å²) < 4.78 is 10.8. The van der Waals surface area contributed by atoms with E-state index in [1.165, 1.54) is 36.4 Å². The highest BCUT2D eigenvalue weighted by molar-refractivity contribution is 5.99. The fourth-order valence-corrected chi connectivity index (χ4v) is 6.27. The fraction of sp³-hybridized carbons (Fsp3) is 0.314. The van der Waals surface area contributed by atoms with E-state index in [4.69, 9.17) is 9.47 Å². The number of ether oxygens (including phenoxy) is 2. The van der Waals surface area contributed by atoms with Crippen LogP contribution in [0.2, 0.25) is 0 Å². The molecule has 47 heavy (non-hydrogen) atoms. The van der Waals surface area contributed by atoms with Crippen LogP contribution in [0.1, 0.15) is 42.5 Å². The predicted octanol–water partition coefficient (Wildman–Crippen LogP) is 4.55. The number of nitro benzene ring substituents is 1. The molecule has 3 N–H and O–H groups in total. The fourth-order valence-electron chi connectivity index (χ4n) is 6.27. The Kier molecular flexibility index (Phi) is 13.2. The number of halogens is 1. The van der Waals surface area contributed by atoms with Gasteiger partial charge in [-0.3, -0.25) is 19.9 Å². The van der Waals surface area contributed by atoms with Crippen molar-refractivity contribution < 1.29 is 29.5 Å². The first-order valence-electron chi connectivity index (χ1n) is 15.0. The van der Waals surface area contributed by atoms with Crippen LogP contribution >= 0.6 is 12.4 Å². The van der Waals surface area contributed by atoms with Crippen molar-refractivity contribution in [2.75, 3.05) is 46.4 Å². The number of non-ortho nitro benzene ring substituents is 1. The standard InChI is InChI=1S/C35H38N4O6.ClH.H2O/c1-24-30(34(40)44-3)32(28-15-10-16-29(23-28)39(42)43)31(25(2)36-24)35(41)45-22-21-37-17-19-38(20-18-37)33(26-11-6-4-7-12-26)27-13-8-5-9-14-27;;/h4-16,23,32-33,36H,17-22H2,1-3H3;1H;1H2/t32-;;/m0../s1. The number of allylic oxidation sites excluding steroid dienone is 2. The van der Waals surface area contributed by atoms with Gasteiger partial charge in [-0.2, -0.15) is 0 Å². The number of methoxy groups -OCH3 is 1. The summed E-state index contributed by atoms with van der Waals surface area (Å²) in [4.78, 5) is 42.3. The number of hydrogen-bond acceptors (Lipinski definition) is 9. The van der Waals surface area contributed by atoms with Crippen molar-refractivity contribution in [3.05, 3.63) is 134 Å². The van der Waals surface area contributed by atoms with Crippen LogP contribution < -0.4 is 5.32 Å². The number of piperazine rings is 1. The lowest BCUT2D eigenvalue weighted by Crippen LogP contribution is -2.48. The minimum absolute atomic E-state index is 0. The number of nitro groups is 1. The molecule has 0 saturated carbocycles. The molecule has 5 rings (SSSR count). The Balaban J connectivity index is 0.00000300. The molecule has 11 nitrogen and oxygen atoms in total. The SMILES string of the molecule is COC(=O)C1=C(C)NC(C)=C(C(=O)OCCN2CCN(C(c3ccccc3)c3ccccc3)CC2)[C@H]1c1cccc([N+](=O)[O-])c1.Cl.O. The van der Waals surface area contributed by atoms with E-state index in [9.17, 15) is 19.7 Å². The number of benzene rings is 3. The zero-order valence-electron chi connectivity index (χ0n) is 26.7. The highest BCUT2D eigenvalue weighted by Gasteiger charge is 2.38. The first kappa shape index (κ1) is 36.9. The zero-order chi connectivity index (χ0) is 31.9. The molecule has 0 radical (unpaired) electrons. The summed E-state index contributed by atoms with van der Waals surface area (Å²) in [6.45, 7) is 7.52. The van der Waals surface area contributed by atoms with Gasteiger partial charge in [-0.25, -0.2) is 9.59 Å². The molecule has 2 aliphatic rings. The molecule has 2 heterocycles. The van der Waals surface area contributed by atoms with Gasteiger partial charge in [0.2, 0.25) is 0 Å². The number of esters is 2. The number of nitrogens with zero attached hydrogens (tertiary/aromatic N) is 3. The van der Waals surface area contributed by atoms with E-state index >= 15 is 0 Å². The molecule has 0 aromatic heterocycles. The maximum Gasteiger partial charge on any atom is 0.336 e.